The van der Waals surface area contributed by atoms with Crippen LogP contribution in [0.5, 0.6) is 0 Å². The summed E-state index contributed by atoms with van der Waals surface area (Å²) in [6.07, 6.45) is 7.65. The van der Waals surface area contributed by atoms with E-state index in [-0.39, 0.29) is 24.0 Å². The highest BCUT2D eigenvalue weighted by molar-refractivity contribution is 5.83. The molecule has 132 valence electrons. The van der Waals surface area contributed by atoms with Crippen molar-refractivity contribution >= 4 is 11.9 Å². The first-order chi connectivity index (χ1) is 11.1. The molecule has 0 aromatic carbocycles. The number of hydrogen-bond acceptors (Lipinski definition) is 4. The lowest BCUT2D eigenvalue weighted by atomic mass is 9.85. The van der Waals surface area contributed by atoms with Gasteiger partial charge in [0.15, 0.2) is 0 Å². The fourth-order valence-corrected chi connectivity index (χ4v) is 4.10. The molecule has 0 aromatic heterocycles. The van der Waals surface area contributed by atoms with Gasteiger partial charge < -0.3 is 9.64 Å². The molecule has 2 fully saturated rings. The molecule has 1 amide bonds. The number of esters is 1. The number of fused-ring (bicyclic) bond motifs is 1. The van der Waals surface area contributed by atoms with Crippen LogP contribution in [0.3, 0.4) is 0 Å². The number of hydrogen-bond donors (Lipinski definition) is 1. The number of amides is 1. The Bertz CT molecular complexity index is 413. The number of nitrogens with one attached hydrogen (secondary N) is 1. The SMILES string of the molecule is CCCC(NC(C)C(=O)N1CCC2CCCCC21)C(=O)OCC. The van der Waals surface area contributed by atoms with Gasteiger partial charge in [-0.15, -0.1) is 0 Å². The number of carbonyl (C=O) groups excluding carboxylic acids is 2. The van der Waals surface area contributed by atoms with Crippen molar-refractivity contribution < 1.29 is 14.3 Å². The third-order valence-electron chi connectivity index (χ3n) is 5.26. The smallest absolute Gasteiger partial charge is 0.323 e. The Morgan fingerprint density at radius 1 is 1.22 bits per heavy atom. The highest BCUT2D eigenvalue weighted by atomic mass is 16.5. The zero-order valence-electron chi connectivity index (χ0n) is 14.8. The maximum absolute atomic E-state index is 12.8. The third kappa shape index (κ3) is 4.46. The molecule has 0 radical (unpaired) electrons. The van der Waals surface area contributed by atoms with Crippen LogP contribution < -0.4 is 5.32 Å². The van der Waals surface area contributed by atoms with E-state index in [1.54, 1.807) is 0 Å². The largest absolute Gasteiger partial charge is 0.465 e. The minimum atomic E-state index is -0.386. The molecular weight excluding hydrogens is 292 g/mol. The summed E-state index contributed by atoms with van der Waals surface area (Å²) < 4.78 is 5.12. The first-order valence-electron chi connectivity index (χ1n) is 9.31. The summed E-state index contributed by atoms with van der Waals surface area (Å²) in [6.45, 7) is 6.97. The van der Waals surface area contributed by atoms with Gasteiger partial charge in [-0.2, -0.15) is 0 Å². The molecule has 5 heteroatoms. The lowest BCUT2D eigenvalue weighted by Gasteiger charge is -2.34. The van der Waals surface area contributed by atoms with Gasteiger partial charge >= 0.3 is 5.97 Å². The van der Waals surface area contributed by atoms with E-state index < -0.39 is 0 Å². The van der Waals surface area contributed by atoms with E-state index in [1.165, 1.54) is 19.3 Å². The van der Waals surface area contributed by atoms with Crippen LogP contribution >= 0.6 is 0 Å². The Kier molecular flexibility index (Phi) is 6.88. The highest BCUT2D eigenvalue weighted by Crippen LogP contribution is 2.36. The third-order valence-corrected chi connectivity index (χ3v) is 5.26. The van der Waals surface area contributed by atoms with Crippen molar-refractivity contribution in [2.45, 2.75) is 83.8 Å². The van der Waals surface area contributed by atoms with Crippen LogP contribution in [0.25, 0.3) is 0 Å². The standard InChI is InChI=1S/C18H32N2O3/c1-4-8-15(18(22)23-5-2)19-13(3)17(21)20-12-11-14-9-6-7-10-16(14)20/h13-16,19H,4-12H2,1-3H3. The van der Waals surface area contributed by atoms with Gasteiger partial charge in [0, 0.05) is 12.6 Å². The van der Waals surface area contributed by atoms with Crippen molar-refractivity contribution in [2.75, 3.05) is 13.2 Å². The molecular formula is C18H32N2O3. The molecule has 2 rings (SSSR count). The van der Waals surface area contributed by atoms with Gasteiger partial charge in [-0.05, 0) is 45.4 Å². The fourth-order valence-electron chi connectivity index (χ4n) is 4.10. The normalized spacial score (nSPS) is 26.5. The van der Waals surface area contributed by atoms with Gasteiger partial charge in [0.1, 0.15) is 6.04 Å². The van der Waals surface area contributed by atoms with E-state index in [9.17, 15) is 9.59 Å². The summed E-state index contributed by atoms with van der Waals surface area (Å²) in [5.74, 6) is 0.590. The zero-order chi connectivity index (χ0) is 16.8. The summed E-state index contributed by atoms with van der Waals surface area (Å²) in [7, 11) is 0. The highest BCUT2D eigenvalue weighted by Gasteiger charge is 2.39. The van der Waals surface area contributed by atoms with Crippen LogP contribution in [-0.4, -0.2) is 48.1 Å². The fraction of sp³-hybridized carbons (Fsp3) is 0.889. The Labute approximate surface area is 140 Å². The van der Waals surface area contributed by atoms with Crippen molar-refractivity contribution in [3.63, 3.8) is 0 Å². The number of carbonyl (C=O) groups is 2. The van der Waals surface area contributed by atoms with Crippen molar-refractivity contribution in [1.29, 1.82) is 0 Å². The summed E-state index contributed by atoms with van der Waals surface area (Å²) in [5, 5.41) is 3.21. The minimum absolute atomic E-state index is 0.143. The van der Waals surface area contributed by atoms with E-state index in [0.29, 0.717) is 25.0 Å². The van der Waals surface area contributed by atoms with Crippen LogP contribution in [-0.2, 0) is 14.3 Å². The molecule has 1 N–H and O–H groups in total. The maximum atomic E-state index is 12.8. The van der Waals surface area contributed by atoms with Gasteiger partial charge in [0.2, 0.25) is 5.91 Å². The van der Waals surface area contributed by atoms with Gasteiger partial charge in [0.05, 0.1) is 12.6 Å². The van der Waals surface area contributed by atoms with Crippen LogP contribution in [0.1, 0.15) is 65.7 Å². The monoisotopic (exact) mass is 324 g/mol. The second-order valence-electron chi connectivity index (χ2n) is 6.91. The first kappa shape index (κ1) is 18.2. The Balaban J connectivity index is 1.94. The lowest BCUT2D eigenvalue weighted by Crippen LogP contribution is -2.52. The maximum Gasteiger partial charge on any atom is 0.323 e. The predicted molar refractivity (Wildman–Crippen MR) is 90.0 cm³/mol. The van der Waals surface area contributed by atoms with Crippen LogP contribution in [0.4, 0.5) is 0 Å². The van der Waals surface area contributed by atoms with E-state index >= 15 is 0 Å². The van der Waals surface area contributed by atoms with Crippen molar-refractivity contribution in [1.82, 2.24) is 10.2 Å². The molecule has 1 aliphatic carbocycles. The van der Waals surface area contributed by atoms with E-state index in [4.69, 9.17) is 4.74 Å². The quantitative estimate of drug-likeness (QED) is 0.731. The summed E-state index contributed by atoms with van der Waals surface area (Å²) in [4.78, 5) is 26.9. The van der Waals surface area contributed by atoms with Crippen molar-refractivity contribution in [3.05, 3.63) is 0 Å². The summed E-state index contributed by atoms with van der Waals surface area (Å²) >= 11 is 0. The molecule has 5 nitrogen and oxygen atoms in total. The number of nitrogens with zero attached hydrogens (tertiary/aromatic N) is 1. The molecule has 1 saturated heterocycles. The molecule has 23 heavy (non-hydrogen) atoms. The lowest BCUT2D eigenvalue weighted by molar-refractivity contribution is -0.146. The Morgan fingerprint density at radius 2 is 1.96 bits per heavy atom. The molecule has 0 bridgehead atoms. The molecule has 1 heterocycles. The van der Waals surface area contributed by atoms with Gasteiger partial charge in [-0.25, -0.2) is 0 Å². The molecule has 2 aliphatic rings. The van der Waals surface area contributed by atoms with Crippen LogP contribution in [0.2, 0.25) is 0 Å². The molecule has 0 aromatic rings. The molecule has 0 spiro atoms. The average molecular weight is 324 g/mol. The van der Waals surface area contributed by atoms with E-state index in [0.717, 1.165) is 25.8 Å². The second-order valence-corrected chi connectivity index (χ2v) is 6.91. The second kappa shape index (κ2) is 8.67. The number of rotatable bonds is 7. The molecule has 1 saturated carbocycles. The summed E-state index contributed by atoms with van der Waals surface area (Å²) in [5.41, 5.74) is 0. The topological polar surface area (TPSA) is 58.6 Å². The van der Waals surface area contributed by atoms with Gasteiger partial charge in [-0.1, -0.05) is 26.2 Å². The van der Waals surface area contributed by atoms with Crippen LogP contribution in [0, 0.1) is 5.92 Å². The average Bonchev–Trinajstić information content (AvgIpc) is 2.97. The Hall–Kier alpha value is -1.10. The number of ether oxygens (including phenoxy) is 1. The molecule has 4 unspecified atom stereocenters. The van der Waals surface area contributed by atoms with E-state index in [1.807, 2.05) is 20.8 Å². The van der Waals surface area contributed by atoms with Gasteiger partial charge in [-0.3, -0.25) is 14.9 Å². The first-order valence-corrected chi connectivity index (χ1v) is 9.31. The zero-order valence-corrected chi connectivity index (χ0v) is 14.8. The molecule has 1 aliphatic heterocycles. The van der Waals surface area contributed by atoms with Crippen molar-refractivity contribution in [2.24, 2.45) is 5.92 Å². The molecule has 4 atom stereocenters. The van der Waals surface area contributed by atoms with Crippen molar-refractivity contribution in [3.8, 4) is 0 Å². The predicted octanol–water partition coefficient (Wildman–Crippen LogP) is 2.49. The Morgan fingerprint density at radius 3 is 2.65 bits per heavy atom. The minimum Gasteiger partial charge on any atom is -0.465 e. The van der Waals surface area contributed by atoms with Crippen LogP contribution in [0.15, 0.2) is 0 Å². The van der Waals surface area contributed by atoms with E-state index in [2.05, 4.69) is 10.2 Å². The summed E-state index contributed by atoms with van der Waals surface area (Å²) in [6, 6.07) is -0.298. The number of likely N-dealkylation sites (tertiary alicyclic amines) is 1. The van der Waals surface area contributed by atoms with Gasteiger partial charge in [0.25, 0.3) is 0 Å².